The number of hydrogen-bond acceptors (Lipinski definition) is 6. The Bertz CT molecular complexity index is 1340. The minimum absolute atomic E-state index is 0.159. The second-order valence-electron chi connectivity index (χ2n) is 7.55. The van der Waals surface area contributed by atoms with Gasteiger partial charge in [-0.2, -0.15) is 0 Å². The fourth-order valence-electron chi connectivity index (χ4n) is 3.70. The summed E-state index contributed by atoms with van der Waals surface area (Å²) in [4.78, 5) is 8.90. The smallest absolute Gasteiger partial charge is 0.264 e. The number of sulfonamides is 1. The number of fused-ring (bicyclic) bond motifs is 3. The van der Waals surface area contributed by atoms with Crippen molar-refractivity contribution in [3.8, 4) is 5.75 Å². The number of hydrogen-bond donors (Lipinski definition) is 1. The molecule has 1 saturated heterocycles. The van der Waals surface area contributed by atoms with Gasteiger partial charge in [0.2, 0.25) is 5.95 Å². The standard InChI is InChI=1S/C22H22N4O4S/c1-15-5-7-17(8-6-15)31(27,28)25-22-24-11-9-16-14-18-19(10-12-23-21(18)26(16)22)30-20-4-2-3-13-29-20/h5-12,14,20H,2-4,13H2,1H3,(H,24,25). The van der Waals surface area contributed by atoms with E-state index < -0.39 is 10.0 Å². The van der Waals surface area contributed by atoms with E-state index in [1.54, 1.807) is 53.2 Å². The molecule has 1 unspecified atom stereocenters. The zero-order valence-corrected chi connectivity index (χ0v) is 17.8. The van der Waals surface area contributed by atoms with E-state index in [0.717, 1.165) is 35.7 Å². The van der Waals surface area contributed by atoms with E-state index in [4.69, 9.17) is 9.47 Å². The van der Waals surface area contributed by atoms with E-state index in [9.17, 15) is 8.42 Å². The highest BCUT2D eigenvalue weighted by Crippen LogP contribution is 2.31. The van der Waals surface area contributed by atoms with Gasteiger partial charge in [0.1, 0.15) is 5.75 Å². The van der Waals surface area contributed by atoms with Crippen LogP contribution in [-0.4, -0.2) is 35.7 Å². The van der Waals surface area contributed by atoms with Gasteiger partial charge in [-0.3, -0.25) is 4.40 Å². The summed E-state index contributed by atoms with van der Waals surface area (Å²) in [5.74, 6) is 0.805. The van der Waals surface area contributed by atoms with Crippen LogP contribution in [0.25, 0.3) is 16.6 Å². The lowest BCUT2D eigenvalue weighted by atomic mass is 10.2. The Kier molecular flexibility index (Phi) is 4.99. The molecule has 1 fully saturated rings. The Morgan fingerprint density at radius 1 is 1.10 bits per heavy atom. The first-order chi connectivity index (χ1) is 15.0. The van der Waals surface area contributed by atoms with Crippen LogP contribution in [0.4, 0.5) is 5.95 Å². The average molecular weight is 439 g/mol. The summed E-state index contributed by atoms with van der Waals surface area (Å²) < 4.78 is 41.9. The average Bonchev–Trinajstić information content (AvgIpc) is 3.15. The quantitative estimate of drug-likeness (QED) is 0.508. The SMILES string of the molecule is Cc1ccc(S(=O)(=O)Nc2nccc3cc4c(OC5CCCCO5)ccnc4n23)cc1. The van der Waals surface area contributed by atoms with Gasteiger partial charge in [-0.1, -0.05) is 17.7 Å². The van der Waals surface area contributed by atoms with Crippen molar-refractivity contribution < 1.29 is 17.9 Å². The molecule has 1 aliphatic heterocycles. The number of nitrogens with one attached hydrogen (secondary N) is 1. The van der Waals surface area contributed by atoms with Crippen molar-refractivity contribution in [2.75, 3.05) is 11.3 Å². The molecule has 8 nitrogen and oxygen atoms in total. The van der Waals surface area contributed by atoms with E-state index in [2.05, 4.69) is 14.7 Å². The molecule has 0 spiro atoms. The number of pyridine rings is 1. The number of nitrogens with zero attached hydrogens (tertiary/aromatic N) is 3. The Labute approximate surface area is 179 Å². The van der Waals surface area contributed by atoms with Crippen molar-refractivity contribution in [1.82, 2.24) is 14.4 Å². The third-order valence-corrected chi connectivity index (χ3v) is 6.64. The molecule has 5 rings (SSSR count). The first-order valence-electron chi connectivity index (χ1n) is 10.1. The molecule has 4 heterocycles. The topological polar surface area (TPSA) is 94.8 Å². The largest absolute Gasteiger partial charge is 0.464 e. The molecule has 0 radical (unpaired) electrons. The maximum atomic E-state index is 12.9. The van der Waals surface area contributed by atoms with Crippen LogP contribution in [0.5, 0.6) is 5.75 Å². The predicted molar refractivity (Wildman–Crippen MR) is 117 cm³/mol. The number of rotatable bonds is 5. The van der Waals surface area contributed by atoms with Gasteiger partial charge < -0.3 is 9.47 Å². The molecule has 3 aromatic heterocycles. The molecule has 1 aliphatic rings. The highest BCUT2D eigenvalue weighted by atomic mass is 32.2. The monoisotopic (exact) mass is 438 g/mol. The van der Waals surface area contributed by atoms with Crippen LogP contribution in [0, 0.1) is 6.92 Å². The van der Waals surface area contributed by atoms with Crippen LogP contribution in [0.1, 0.15) is 24.8 Å². The summed E-state index contributed by atoms with van der Waals surface area (Å²) in [5.41, 5.74) is 2.28. The van der Waals surface area contributed by atoms with E-state index in [1.807, 2.05) is 13.0 Å². The Morgan fingerprint density at radius 2 is 1.90 bits per heavy atom. The van der Waals surface area contributed by atoms with E-state index in [-0.39, 0.29) is 17.1 Å². The van der Waals surface area contributed by atoms with Crippen LogP contribution < -0.4 is 9.46 Å². The maximum absolute atomic E-state index is 12.9. The summed E-state index contributed by atoms with van der Waals surface area (Å²) >= 11 is 0. The van der Waals surface area contributed by atoms with Gasteiger partial charge in [0.05, 0.1) is 22.4 Å². The summed E-state index contributed by atoms with van der Waals surface area (Å²) in [6.45, 7) is 2.59. The van der Waals surface area contributed by atoms with Gasteiger partial charge in [-0.25, -0.2) is 23.1 Å². The Morgan fingerprint density at radius 3 is 2.68 bits per heavy atom. The molecule has 9 heteroatoms. The molecule has 160 valence electrons. The summed E-state index contributed by atoms with van der Waals surface area (Å²) in [6.07, 6.45) is 5.84. The van der Waals surface area contributed by atoms with Gasteiger partial charge in [-0.15, -0.1) is 0 Å². The van der Waals surface area contributed by atoms with Crippen molar-refractivity contribution in [3.05, 3.63) is 60.4 Å². The Hall–Kier alpha value is -3.17. The summed E-state index contributed by atoms with van der Waals surface area (Å²) in [7, 11) is -3.81. The Balaban J connectivity index is 1.56. The van der Waals surface area contributed by atoms with Crippen molar-refractivity contribution >= 4 is 32.5 Å². The number of anilines is 1. The lowest BCUT2D eigenvalue weighted by Gasteiger charge is -2.23. The van der Waals surface area contributed by atoms with Crippen LogP contribution in [0.15, 0.2) is 59.8 Å². The van der Waals surface area contributed by atoms with Crippen LogP contribution >= 0.6 is 0 Å². The van der Waals surface area contributed by atoms with Crippen molar-refractivity contribution in [3.63, 3.8) is 0 Å². The second-order valence-corrected chi connectivity index (χ2v) is 9.23. The van der Waals surface area contributed by atoms with Crippen molar-refractivity contribution in [2.45, 2.75) is 37.4 Å². The molecule has 4 aromatic rings. The van der Waals surface area contributed by atoms with Crippen molar-refractivity contribution in [1.29, 1.82) is 0 Å². The highest BCUT2D eigenvalue weighted by molar-refractivity contribution is 7.92. The van der Waals surface area contributed by atoms with Gasteiger partial charge in [-0.05, 0) is 50.1 Å². The lowest BCUT2D eigenvalue weighted by molar-refractivity contribution is -0.105. The second kappa shape index (κ2) is 7.82. The molecule has 0 amide bonds. The molecule has 0 bridgehead atoms. The number of benzene rings is 1. The highest BCUT2D eigenvalue weighted by Gasteiger charge is 2.21. The minimum atomic E-state index is -3.81. The number of ether oxygens (including phenoxy) is 2. The third kappa shape index (κ3) is 3.82. The van der Waals surface area contributed by atoms with Gasteiger partial charge in [0.25, 0.3) is 10.0 Å². The number of aromatic nitrogens is 3. The molecule has 1 aromatic carbocycles. The molecule has 31 heavy (non-hydrogen) atoms. The third-order valence-electron chi connectivity index (χ3n) is 5.30. The van der Waals surface area contributed by atoms with Gasteiger partial charge in [0, 0.05) is 18.8 Å². The lowest BCUT2D eigenvalue weighted by Crippen LogP contribution is -2.25. The first kappa shape index (κ1) is 19.8. The molecular formula is C22H22N4O4S. The zero-order chi connectivity index (χ0) is 21.4. The first-order valence-corrected chi connectivity index (χ1v) is 11.6. The van der Waals surface area contributed by atoms with E-state index >= 15 is 0 Å². The molecule has 0 aliphatic carbocycles. The fraction of sp³-hybridized carbons (Fsp3) is 0.273. The van der Waals surface area contributed by atoms with Gasteiger partial charge >= 0.3 is 0 Å². The summed E-state index contributed by atoms with van der Waals surface area (Å²) in [6, 6.07) is 12.2. The van der Waals surface area contributed by atoms with Crippen molar-refractivity contribution in [2.24, 2.45) is 0 Å². The van der Waals surface area contributed by atoms with Crippen LogP contribution in [0.2, 0.25) is 0 Å². The minimum Gasteiger partial charge on any atom is -0.464 e. The molecule has 0 saturated carbocycles. The maximum Gasteiger partial charge on any atom is 0.264 e. The zero-order valence-electron chi connectivity index (χ0n) is 17.0. The predicted octanol–water partition coefficient (Wildman–Crippen LogP) is 3.90. The van der Waals surface area contributed by atoms with Gasteiger partial charge in [0.15, 0.2) is 11.9 Å². The van der Waals surface area contributed by atoms with E-state index in [0.29, 0.717) is 18.0 Å². The fourth-order valence-corrected chi connectivity index (χ4v) is 4.69. The van der Waals surface area contributed by atoms with E-state index in [1.165, 1.54) is 0 Å². The summed E-state index contributed by atoms with van der Waals surface area (Å²) in [5, 5.41) is 0.764. The molecule has 1 N–H and O–H groups in total. The van der Waals surface area contributed by atoms with Crippen LogP contribution in [0.3, 0.4) is 0 Å². The molecular weight excluding hydrogens is 416 g/mol. The number of aryl methyl sites for hydroxylation is 1. The normalized spacial score (nSPS) is 17.1. The molecule has 1 atom stereocenters. The van der Waals surface area contributed by atoms with Crippen LogP contribution in [-0.2, 0) is 14.8 Å².